The molecule has 0 spiro atoms. The lowest BCUT2D eigenvalue weighted by Gasteiger charge is -2.24. The van der Waals surface area contributed by atoms with Crippen molar-refractivity contribution < 1.29 is 4.79 Å². The predicted molar refractivity (Wildman–Crippen MR) is 80.5 cm³/mol. The quantitative estimate of drug-likeness (QED) is 0.813. The number of rotatable bonds is 5. The molecule has 1 aromatic rings. The first-order chi connectivity index (χ1) is 8.79. The van der Waals surface area contributed by atoms with Crippen LogP contribution in [0.2, 0.25) is 0 Å². The van der Waals surface area contributed by atoms with Crippen LogP contribution in [0.15, 0.2) is 24.3 Å². The third-order valence-corrected chi connectivity index (χ3v) is 3.63. The van der Waals surface area contributed by atoms with Crippen molar-refractivity contribution in [3.63, 3.8) is 0 Å². The number of carbonyl (C=O) groups is 1. The number of nitrogens with two attached hydrogens (primary N) is 1. The largest absolute Gasteiger partial charge is 0.356 e. The Morgan fingerprint density at radius 1 is 1.32 bits per heavy atom. The van der Waals surface area contributed by atoms with E-state index in [0.29, 0.717) is 25.4 Å². The van der Waals surface area contributed by atoms with Gasteiger partial charge in [-0.1, -0.05) is 24.3 Å². The van der Waals surface area contributed by atoms with E-state index in [-0.39, 0.29) is 18.3 Å². The lowest BCUT2D eigenvalue weighted by molar-refractivity contribution is -0.122. The van der Waals surface area contributed by atoms with Crippen LogP contribution in [0.3, 0.4) is 0 Å². The predicted octanol–water partition coefficient (Wildman–Crippen LogP) is 2.07. The van der Waals surface area contributed by atoms with Gasteiger partial charge in [-0.3, -0.25) is 4.79 Å². The van der Waals surface area contributed by atoms with Gasteiger partial charge in [0, 0.05) is 13.0 Å². The molecule has 1 aliphatic rings. The van der Waals surface area contributed by atoms with Gasteiger partial charge >= 0.3 is 0 Å². The minimum absolute atomic E-state index is 0. The Kier molecular flexibility index (Phi) is 6.89. The maximum absolute atomic E-state index is 11.7. The Morgan fingerprint density at radius 2 is 2.05 bits per heavy atom. The summed E-state index contributed by atoms with van der Waals surface area (Å²) in [5, 5.41) is 2.94. The zero-order chi connectivity index (χ0) is 12.8. The number of halogens is 1. The van der Waals surface area contributed by atoms with E-state index < -0.39 is 0 Å². The molecular weight excluding hydrogens is 260 g/mol. The Balaban J connectivity index is 0.00000180. The highest BCUT2D eigenvalue weighted by Gasteiger charge is 2.20. The Morgan fingerprint density at radius 3 is 2.79 bits per heavy atom. The van der Waals surface area contributed by atoms with Gasteiger partial charge in [0.2, 0.25) is 5.91 Å². The van der Waals surface area contributed by atoms with Crippen molar-refractivity contribution in [3.05, 3.63) is 35.4 Å². The van der Waals surface area contributed by atoms with Crippen LogP contribution in [0.1, 0.15) is 30.4 Å². The third kappa shape index (κ3) is 4.84. The van der Waals surface area contributed by atoms with Crippen LogP contribution in [0.4, 0.5) is 0 Å². The molecule has 1 aliphatic carbocycles. The van der Waals surface area contributed by atoms with Crippen molar-refractivity contribution in [1.29, 1.82) is 0 Å². The average molecular weight is 283 g/mol. The van der Waals surface area contributed by atoms with Crippen LogP contribution in [-0.4, -0.2) is 19.0 Å². The molecule has 0 bridgehead atoms. The monoisotopic (exact) mass is 282 g/mol. The highest BCUT2D eigenvalue weighted by Crippen LogP contribution is 2.27. The standard InChI is InChI=1S/C15H22N2O.ClH/c16-8-3-9-17-15(18)11-12-6-7-13-4-1-2-5-14(13)10-12;/h1-2,4-5,12H,3,6-11,16H2,(H,17,18);1H. The van der Waals surface area contributed by atoms with Crippen LogP contribution in [-0.2, 0) is 17.6 Å². The first kappa shape index (κ1) is 16.0. The molecule has 1 aromatic carbocycles. The number of hydrogen-bond donors (Lipinski definition) is 2. The number of carbonyl (C=O) groups excluding carboxylic acids is 1. The van der Waals surface area contributed by atoms with Crippen molar-refractivity contribution in [3.8, 4) is 0 Å². The molecule has 0 aliphatic heterocycles. The van der Waals surface area contributed by atoms with Crippen LogP contribution >= 0.6 is 12.4 Å². The van der Waals surface area contributed by atoms with Crippen molar-refractivity contribution in [2.24, 2.45) is 11.7 Å². The minimum Gasteiger partial charge on any atom is -0.356 e. The average Bonchev–Trinajstić information content (AvgIpc) is 2.39. The normalized spacial score (nSPS) is 17.2. The summed E-state index contributed by atoms with van der Waals surface area (Å²) in [6, 6.07) is 8.57. The van der Waals surface area contributed by atoms with Gasteiger partial charge in [-0.2, -0.15) is 0 Å². The lowest BCUT2D eigenvalue weighted by atomic mass is 9.82. The van der Waals surface area contributed by atoms with E-state index in [1.807, 2.05) is 0 Å². The second-order valence-electron chi connectivity index (χ2n) is 5.07. The van der Waals surface area contributed by atoms with Gasteiger partial charge in [0.15, 0.2) is 0 Å². The van der Waals surface area contributed by atoms with Crippen molar-refractivity contribution in [2.75, 3.05) is 13.1 Å². The van der Waals surface area contributed by atoms with Gasteiger partial charge in [-0.05, 0) is 49.3 Å². The molecule has 3 nitrogen and oxygen atoms in total. The number of benzene rings is 1. The number of hydrogen-bond acceptors (Lipinski definition) is 2. The zero-order valence-corrected chi connectivity index (χ0v) is 12.0. The van der Waals surface area contributed by atoms with E-state index in [9.17, 15) is 4.79 Å². The molecule has 0 saturated carbocycles. The summed E-state index contributed by atoms with van der Waals surface area (Å²) in [5.41, 5.74) is 8.28. The first-order valence-electron chi connectivity index (χ1n) is 6.83. The van der Waals surface area contributed by atoms with Gasteiger partial charge in [0.05, 0.1) is 0 Å². The van der Waals surface area contributed by atoms with E-state index >= 15 is 0 Å². The first-order valence-corrected chi connectivity index (χ1v) is 6.83. The second kappa shape index (κ2) is 8.18. The third-order valence-electron chi connectivity index (χ3n) is 3.63. The number of amides is 1. The lowest BCUT2D eigenvalue weighted by Crippen LogP contribution is -2.29. The molecule has 1 amide bonds. The summed E-state index contributed by atoms with van der Waals surface area (Å²) in [6.07, 6.45) is 4.79. The minimum atomic E-state index is 0. The highest BCUT2D eigenvalue weighted by molar-refractivity contribution is 5.85. The van der Waals surface area contributed by atoms with Gasteiger partial charge in [-0.25, -0.2) is 0 Å². The fourth-order valence-electron chi connectivity index (χ4n) is 2.61. The van der Waals surface area contributed by atoms with Gasteiger partial charge in [-0.15, -0.1) is 12.4 Å². The van der Waals surface area contributed by atoms with Crippen LogP contribution in [0, 0.1) is 5.92 Å². The molecule has 106 valence electrons. The Bertz CT molecular complexity index is 409. The molecule has 0 aromatic heterocycles. The smallest absolute Gasteiger partial charge is 0.220 e. The maximum Gasteiger partial charge on any atom is 0.220 e. The molecular formula is C15H23ClN2O. The summed E-state index contributed by atoms with van der Waals surface area (Å²) >= 11 is 0. The molecule has 0 fully saturated rings. The molecule has 3 N–H and O–H groups in total. The van der Waals surface area contributed by atoms with E-state index in [0.717, 1.165) is 25.7 Å². The highest BCUT2D eigenvalue weighted by atomic mass is 35.5. The van der Waals surface area contributed by atoms with Crippen molar-refractivity contribution in [1.82, 2.24) is 5.32 Å². The van der Waals surface area contributed by atoms with E-state index in [1.54, 1.807) is 0 Å². The molecule has 4 heteroatoms. The number of aryl methyl sites for hydroxylation is 1. The van der Waals surface area contributed by atoms with Crippen LogP contribution in [0.5, 0.6) is 0 Å². The zero-order valence-electron chi connectivity index (χ0n) is 11.2. The van der Waals surface area contributed by atoms with E-state index in [4.69, 9.17) is 5.73 Å². The molecule has 0 heterocycles. The topological polar surface area (TPSA) is 55.1 Å². The molecule has 1 atom stereocenters. The van der Waals surface area contributed by atoms with Crippen LogP contribution < -0.4 is 11.1 Å². The molecule has 19 heavy (non-hydrogen) atoms. The van der Waals surface area contributed by atoms with Gasteiger partial charge < -0.3 is 11.1 Å². The number of fused-ring (bicyclic) bond motifs is 1. The van der Waals surface area contributed by atoms with Gasteiger partial charge in [0.25, 0.3) is 0 Å². The van der Waals surface area contributed by atoms with E-state index in [2.05, 4.69) is 29.6 Å². The van der Waals surface area contributed by atoms with E-state index in [1.165, 1.54) is 11.1 Å². The summed E-state index contributed by atoms with van der Waals surface area (Å²) in [6.45, 7) is 1.34. The number of nitrogens with one attached hydrogen (secondary N) is 1. The summed E-state index contributed by atoms with van der Waals surface area (Å²) in [5.74, 6) is 0.672. The maximum atomic E-state index is 11.7. The molecule has 2 rings (SSSR count). The molecule has 1 unspecified atom stereocenters. The van der Waals surface area contributed by atoms with Crippen molar-refractivity contribution in [2.45, 2.75) is 32.1 Å². The van der Waals surface area contributed by atoms with Gasteiger partial charge in [0.1, 0.15) is 0 Å². The Labute approximate surface area is 121 Å². The fourth-order valence-corrected chi connectivity index (χ4v) is 2.61. The second-order valence-corrected chi connectivity index (χ2v) is 5.07. The Hall–Kier alpha value is -1.06. The fraction of sp³-hybridized carbons (Fsp3) is 0.533. The van der Waals surface area contributed by atoms with Crippen LogP contribution in [0.25, 0.3) is 0 Å². The molecule has 0 radical (unpaired) electrons. The van der Waals surface area contributed by atoms with Crippen molar-refractivity contribution >= 4 is 18.3 Å². The summed E-state index contributed by atoms with van der Waals surface area (Å²) in [4.78, 5) is 11.7. The molecule has 0 saturated heterocycles. The SMILES string of the molecule is Cl.NCCCNC(=O)CC1CCc2ccccc2C1. The summed E-state index contributed by atoms with van der Waals surface area (Å²) in [7, 11) is 0. The summed E-state index contributed by atoms with van der Waals surface area (Å²) < 4.78 is 0.